The molecule has 0 unspecified atom stereocenters. The number of aryl methyl sites for hydroxylation is 1. The number of unbranched alkanes of at least 4 members (excludes halogenated alkanes) is 2. The quantitative estimate of drug-likeness (QED) is 0.262. The number of benzene rings is 3. The number of para-hydroxylation sites is 2. The number of hydrogen-bond donors (Lipinski definition) is 1. The zero-order valence-corrected chi connectivity index (χ0v) is 20.9. The second kappa shape index (κ2) is 9.57. The van der Waals surface area contributed by atoms with Crippen molar-refractivity contribution in [3.63, 3.8) is 0 Å². The highest BCUT2D eigenvalue weighted by atomic mass is 16.1. The first kappa shape index (κ1) is 23.2. The van der Waals surface area contributed by atoms with E-state index in [1.807, 2.05) is 54.6 Å². The molecule has 1 N–H and O–H groups in total. The monoisotopic (exact) mass is 467 g/mol. The lowest BCUT2D eigenvalue weighted by molar-refractivity contribution is 0.679. The molecule has 2 heterocycles. The predicted octanol–water partition coefficient (Wildman–Crippen LogP) is 6.58. The second-order valence-corrected chi connectivity index (χ2v) is 9.33. The maximum absolute atomic E-state index is 14.0. The minimum Gasteiger partial charge on any atom is -0.369 e. The van der Waals surface area contributed by atoms with Crippen LogP contribution in [0.15, 0.2) is 64.2 Å². The van der Waals surface area contributed by atoms with Gasteiger partial charge in [-0.15, -0.1) is 0 Å². The lowest BCUT2D eigenvalue weighted by Gasteiger charge is -2.29. The van der Waals surface area contributed by atoms with E-state index in [1.165, 1.54) is 0 Å². The number of H-pyrrole nitrogens is 1. The molecule has 5 aromatic rings. The molecule has 3 aromatic carbocycles. The summed E-state index contributed by atoms with van der Waals surface area (Å²) in [6, 6.07) is 17.4. The van der Waals surface area contributed by atoms with Gasteiger partial charge in [-0.1, -0.05) is 51.0 Å². The minimum atomic E-state index is 0.0170. The van der Waals surface area contributed by atoms with E-state index < -0.39 is 0 Å². The molecule has 0 saturated heterocycles. The average Bonchev–Trinajstić information content (AvgIpc) is 2.89. The van der Waals surface area contributed by atoms with Crippen LogP contribution < -0.4 is 15.8 Å². The van der Waals surface area contributed by atoms with Gasteiger partial charge in [0.15, 0.2) is 10.9 Å². The normalized spacial score (nSPS) is 11.7. The van der Waals surface area contributed by atoms with Crippen molar-refractivity contribution in [3.8, 4) is 0 Å². The molecule has 0 amide bonds. The summed E-state index contributed by atoms with van der Waals surface area (Å²) in [6.45, 7) is 8.89. The van der Waals surface area contributed by atoms with Gasteiger partial charge in [0.05, 0.1) is 33.0 Å². The molecule has 0 aliphatic heterocycles. The van der Waals surface area contributed by atoms with Crippen LogP contribution in [0, 0.1) is 0 Å². The Morgan fingerprint density at radius 1 is 0.771 bits per heavy atom. The summed E-state index contributed by atoms with van der Waals surface area (Å²) in [5.41, 5.74) is 4.24. The van der Waals surface area contributed by atoms with Crippen LogP contribution in [0.4, 0.5) is 5.69 Å². The molecule has 0 spiro atoms. The van der Waals surface area contributed by atoms with Crippen LogP contribution in [-0.4, -0.2) is 22.6 Å². The van der Waals surface area contributed by atoms with Crippen molar-refractivity contribution < 1.29 is 0 Å². The number of anilines is 1. The van der Waals surface area contributed by atoms with Crippen molar-refractivity contribution in [1.82, 2.24) is 9.55 Å². The first-order valence-electron chi connectivity index (χ1n) is 12.9. The minimum absolute atomic E-state index is 0.0170. The largest absolute Gasteiger partial charge is 0.369 e. The van der Waals surface area contributed by atoms with Gasteiger partial charge in [0, 0.05) is 35.9 Å². The molecule has 5 heteroatoms. The van der Waals surface area contributed by atoms with Gasteiger partial charge >= 0.3 is 0 Å². The Morgan fingerprint density at radius 3 is 2.11 bits per heavy atom. The molecular formula is C30H33N3O2. The van der Waals surface area contributed by atoms with Crippen LogP contribution >= 0.6 is 0 Å². The second-order valence-electron chi connectivity index (χ2n) is 9.33. The van der Waals surface area contributed by atoms with Crippen molar-refractivity contribution in [1.29, 1.82) is 0 Å². The third-order valence-electron chi connectivity index (χ3n) is 7.09. The molecule has 0 radical (unpaired) electrons. The van der Waals surface area contributed by atoms with Crippen LogP contribution in [0.25, 0.3) is 43.6 Å². The van der Waals surface area contributed by atoms with Crippen molar-refractivity contribution in [2.24, 2.45) is 0 Å². The molecule has 0 aliphatic rings. The van der Waals surface area contributed by atoms with Crippen LogP contribution in [0.1, 0.15) is 46.5 Å². The number of pyridine rings is 2. The molecule has 5 rings (SSSR count). The number of aromatic amines is 1. The SMILES string of the molecule is CCCCN(CCCC)c1c2c(=O)c3ccccc3[nH]c2cc2c(=O)c3ccccc3n(CC)c12. The summed E-state index contributed by atoms with van der Waals surface area (Å²) in [5, 5.41) is 2.74. The maximum atomic E-state index is 14.0. The van der Waals surface area contributed by atoms with Gasteiger partial charge in [0.1, 0.15) is 0 Å². The summed E-state index contributed by atoms with van der Waals surface area (Å²) in [6.07, 6.45) is 4.18. The van der Waals surface area contributed by atoms with Gasteiger partial charge in [-0.3, -0.25) is 9.59 Å². The van der Waals surface area contributed by atoms with Gasteiger partial charge in [-0.2, -0.15) is 0 Å². The Morgan fingerprint density at radius 2 is 1.43 bits per heavy atom. The lowest BCUT2D eigenvalue weighted by Crippen LogP contribution is -2.29. The fourth-order valence-electron chi connectivity index (χ4n) is 5.34. The van der Waals surface area contributed by atoms with E-state index in [9.17, 15) is 9.59 Å². The van der Waals surface area contributed by atoms with Crippen LogP contribution in [0.2, 0.25) is 0 Å². The molecule has 180 valence electrons. The van der Waals surface area contributed by atoms with Gasteiger partial charge in [0.25, 0.3) is 0 Å². The third kappa shape index (κ3) is 3.79. The standard InChI is InChI=1S/C30H33N3O2/c1-4-7-17-32(18-8-5-2)28-26-24(31-23-15-11-9-13-20(23)30(26)35)19-22-27(28)33(6-3)25-16-12-10-14-21(25)29(22)34/h9-16,19H,4-8,17-18H2,1-3H3,(H,31,35). The molecule has 5 nitrogen and oxygen atoms in total. The highest BCUT2D eigenvalue weighted by Gasteiger charge is 2.23. The Balaban J connectivity index is 2.05. The Labute approximate surface area is 205 Å². The van der Waals surface area contributed by atoms with E-state index in [4.69, 9.17) is 0 Å². The number of fused-ring (bicyclic) bond motifs is 4. The first-order valence-corrected chi connectivity index (χ1v) is 12.9. The van der Waals surface area contributed by atoms with E-state index in [1.54, 1.807) is 0 Å². The lowest BCUT2D eigenvalue weighted by atomic mass is 10.0. The Kier molecular flexibility index (Phi) is 6.33. The molecule has 0 bridgehead atoms. The number of aromatic nitrogens is 2. The molecule has 0 aliphatic carbocycles. The predicted molar refractivity (Wildman–Crippen MR) is 149 cm³/mol. The van der Waals surface area contributed by atoms with E-state index in [2.05, 4.69) is 35.2 Å². The van der Waals surface area contributed by atoms with Gasteiger partial charge < -0.3 is 14.5 Å². The molecule has 2 aromatic heterocycles. The summed E-state index contributed by atoms with van der Waals surface area (Å²) in [4.78, 5) is 33.7. The third-order valence-corrected chi connectivity index (χ3v) is 7.09. The van der Waals surface area contributed by atoms with Crippen LogP contribution in [0.5, 0.6) is 0 Å². The molecular weight excluding hydrogens is 434 g/mol. The smallest absolute Gasteiger partial charge is 0.199 e. The number of nitrogens with zero attached hydrogens (tertiary/aromatic N) is 2. The number of hydrogen-bond acceptors (Lipinski definition) is 3. The van der Waals surface area contributed by atoms with E-state index in [0.29, 0.717) is 28.1 Å². The van der Waals surface area contributed by atoms with Crippen molar-refractivity contribution >= 4 is 49.3 Å². The zero-order chi connectivity index (χ0) is 24.5. The van der Waals surface area contributed by atoms with Gasteiger partial charge in [-0.25, -0.2) is 0 Å². The topological polar surface area (TPSA) is 58.1 Å². The van der Waals surface area contributed by atoms with E-state index in [0.717, 1.165) is 66.5 Å². The fraction of sp³-hybridized carbons (Fsp3) is 0.333. The van der Waals surface area contributed by atoms with E-state index >= 15 is 0 Å². The highest BCUT2D eigenvalue weighted by molar-refractivity contribution is 6.13. The number of rotatable bonds is 8. The van der Waals surface area contributed by atoms with Gasteiger partial charge in [0.2, 0.25) is 0 Å². The summed E-state index contributed by atoms with van der Waals surface area (Å²) >= 11 is 0. The molecule has 0 fully saturated rings. The maximum Gasteiger partial charge on any atom is 0.199 e. The number of nitrogens with one attached hydrogen (secondary N) is 1. The molecule has 35 heavy (non-hydrogen) atoms. The first-order chi connectivity index (χ1) is 17.1. The van der Waals surface area contributed by atoms with Crippen molar-refractivity contribution in [3.05, 3.63) is 75.0 Å². The van der Waals surface area contributed by atoms with Crippen molar-refractivity contribution in [2.75, 3.05) is 18.0 Å². The Bertz CT molecular complexity index is 1650. The highest BCUT2D eigenvalue weighted by Crippen LogP contribution is 2.35. The Hall–Kier alpha value is -3.60. The van der Waals surface area contributed by atoms with Crippen LogP contribution in [-0.2, 0) is 6.54 Å². The summed E-state index contributed by atoms with van der Waals surface area (Å²) in [5.74, 6) is 0. The van der Waals surface area contributed by atoms with Crippen molar-refractivity contribution in [2.45, 2.75) is 53.0 Å². The van der Waals surface area contributed by atoms with Gasteiger partial charge in [-0.05, 0) is 50.1 Å². The molecule has 0 saturated carbocycles. The van der Waals surface area contributed by atoms with Crippen LogP contribution in [0.3, 0.4) is 0 Å². The average molecular weight is 468 g/mol. The summed E-state index contributed by atoms with van der Waals surface area (Å²) < 4.78 is 2.22. The summed E-state index contributed by atoms with van der Waals surface area (Å²) in [7, 11) is 0. The van der Waals surface area contributed by atoms with E-state index in [-0.39, 0.29) is 10.9 Å². The zero-order valence-electron chi connectivity index (χ0n) is 20.9. The molecule has 0 atom stereocenters. The fourth-order valence-corrected chi connectivity index (χ4v) is 5.34.